The molecule has 1 aliphatic rings. The zero-order valence-electron chi connectivity index (χ0n) is 19.8. The van der Waals surface area contributed by atoms with Gasteiger partial charge in [0.1, 0.15) is 29.0 Å². The second-order valence-electron chi connectivity index (χ2n) is 8.80. The van der Waals surface area contributed by atoms with Crippen molar-refractivity contribution in [1.29, 1.82) is 0 Å². The molecule has 5 rings (SSSR count). The van der Waals surface area contributed by atoms with Crippen LogP contribution in [0.5, 0.6) is 5.75 Å². The Morgan fingerprint density at radius 3 is 2.56 bits per heavy atom. The van der Waals surface area contributed by atoms with Crippen LogP contribution in [0.4, 0.5) is 23.1 Å². The van der Waals surface area contributed by atoms with Crippen LogP contribution in [0, 0.1) is 0 Å². The average Bonchev–Trinajstić information content (AvgIpc) is 3.17. The Balaban J connectivity index is 1.20. The van der Waals surface area contributed by atoms with Crippen molar-refractivity contribution in [2.75, 3.05) is 31.8 Å². The lowest BCUT2D eigenvalue weighted by Crippen LogP contribution is -2.59. The van der Waals surface area contributed by atoms with Gasteiger partial charge in [0.05, 0.1) is 11.9 Å². The Labute approximate surface area is 198 Å². The Bertz CT molecular complexity index is 1280. The van der Waals surface area contributed by atoms with Gasteiger partial charge < -0.3 is 24.7 Å². The molecule has 0 aliphatic heterocycles. The maximum absolute atomic E-state index is 6.10. The Kier molecular flexibility index (Phi) is 5.80. The molecule has 2 N–H and O–H groups in total. The first kappa shape index (κ1) is 22.1. The molecule has 34 heavy (non-hydrogen) atoms. The van der Waals surface area contributed by atoms with Crippen molar-refractivity contribution in [2.45, 2.75) is 24.7 Å². The first-order chi connectivity index (χ1) is 16.4. The fourth-order valence-electron chi connectivity index (χ4n) is 4.25. The first-order valence-corrected chi connectivity index (χ1v) is 11.2. The largest absolute Gasteiger partial charge is 0.490 e. The van der Waals surface area contributed by atoms with Gasteiger partial charge in [-0.15, -0.1) is 0 Å². The van der Waals surface area contributed by atoms with Crippen LogP contribution in [0.2, 0.25) is 0 Å². The molecule has 0 atom stereocenters. The van der Waals surface area contributed by atoms with Crippen molar-refractivity contribution in [1.82, 2.24) is 24.4 Å². The molecule has 0 amide bonds. The van der Waals surface area contributed by atoms with Gasteiger partial charge in [-0.2, -0.15) is 4.98 Å². The first-order valence-electron chi connectivity index (χ1n) is 11.2. The van der Waals surface area contributed by atoms with E-state index >= 15 is 0 Å². The predicted molar refractivity (Wildman–Crippen MR) is 133 cm³/mol. The molecule has 9 heteroatoms. The third-order valence-electron chi connectivity index (χ3n) is 6.34. The summed E-state index contributed by atoms with van der Waals surface area (Å²) >= 11 is 0. The van der Waals surface area contributed by atoms with Crippen LogP contribution in [0.1, 0.15) is 12.8 Å². The normalized spacial score (nSPS) is 19.7. The van der Waals surface area contributed by atoms with Gasteiger partial charge in [-0.3, -0.25) is 4.90 Å². The number of ether oxygens (including phenoxy) is 2. The molecular formula is C25H29N7O2. The van der Waals surface area contributed by atoms with Crippen LogP contribution in [0.3, 0.4) is 0 Å². The number of methoxy groups -OCH3 is 1. The molecule has 0 saturated heterocycles. The summed E-state index contributed by atoms with van der Waals surface area (Å²) in [6.45, 7) is 0. The van der Waals surface area contributed by atoms with Gasteiger partial charge in [0.25, 0.3) is 0 Å². The standard InChI is InChI=1S/C25H29N7O2/c1-31(2)25(33-4)14-21(15-25)34-20-7-5-18(6-8-20)29-24-26-11-9-22(30-24)28-19-13-17-10-12-32(3)23(17)27-16-19/h5-13,16,21H,14-15H2,1-4H3,(H2,26,28,29,30). The van der Waals surface area contributed by atoms with E-state index in [-0.39, 0.29) is 11.8 Å². The lowest BCUT2D eigenvalue weighted by Gasteiger charge is -2.50. The molecule has 9 nitrogen and oxygen atoms in total. The molecule has 3 aromatic heterocycles. The molecule has 3 heterocycles. The van der Waals surface area contributed by atoms with Crippen molar-refractivity contribution < 1.29 is 9.47 Å². The summed E-state index contributed by atoms with van der Waals surface area (Å²) in [5, 5.41) is 7.61. The minimum atomic E-state index is -0.217. The third kappa shape index (κ3) is 4.40. The van der Waals surface area contributed by atoms with Crippen molar-refractivity contribution in [3.8, 4) is 5.75 Å². The van der Waals surface area contributed by atoms with Crippen LogP contribution >= 0.6 is 0 Å². The van der Waals surface area contributed by atoms with Crippen molar-refractivity contribution >= 4 is 34.2 Å². The van der Waals surface area contributed by atoms with E-state index in [4.69, 9.17) is 9.47 Å². The fourth-order valence-corrected chi connectivity index (χ4v) is 4.25. The number of fused-ring (bicyclic) bond motifs is 1. The van der Waals surface area contributed by atoms with Crippen molar-refractivity contribution in [2.24, 2.45) is 7.05 Å². The number of hydrogen-bond donors (Lipinski definition) is 2. The van der Waals surface area contributed by atoms with Crippen molar-refractivity contribution in [3.05, 3.63) is 61.1 Å². The lowest BCUT2D eigenvalue weighted by atomic mass is 9.83. The van der Waals surface area contributed by atoms with Gasteiger partial charge in [0.2, 0.25) is 5.95 Å². The summed E-state index contributed by atoms with van der Waals surface area (Å²) in [5.74, 6) is 2.02. The van der Waals surface area contributed by atoms with Crippen molar-refractivity contribution in [3.63, 3.8) is 0 Å². The summed E-state index contributed by atoms with van der Waals surface area (Å²) < 4.78 is 13.8. The monoisotopic (exact) mass is 459 g/mol. The summed E-state index contributed by atoms with van der Waals surface area (Å²) in [5.41, 5.74) is 2.47. The van der Waals surface area contributed by atoms with E-state index in [9.17, 15) is 0 Å². The molecule has 176 valence electrons. The van der Waals surface area contributed by atoms with E-state index in [1.165, 1.54) is 0 Å². The lowest BCUT2D eigenvalue weighted by molar-refractivity contribution is -0.204. The quantitative estimate of drug-likeness (QED) is 0.377. The highest BCUT2D eigenvalue weighted by Gasteiger charge is 2.48. The summed E-state index contributed by atoms with van der Waals surface area (Å²) in [7, 11) is 7.80. The van der Waals surface area contributed by atoms with Gasteiger partial charge in [-0.1, -0.05) is 0 Å². The highest BCUT2D eigenvalue weighted by atomic mass is 16.5. The van der Waals surface area contributed by atoms with E-state index in [1.54, 1.807) is 19.5 Å². The fraction of sp³-hybridized carbons (Fsp3) is 0.320. The molecule has 0 radical (unpaired) electrons. The topological polar surface area (TPSA) is 89.4 Å². The smallest absolute Gasteiger partial charge is 0.229 e. The second kappa shape index (κ2) is 8.92. The number of aromatic nitrogens is 4. The Hall–Kier alpha value is -3.69. The minimum Gasteiger partial charge on any atom is -0.490 e. The Morgan fingerprint density at radius 1 is 1.03 bits per heavy atom. The summed E-state index contributed by atoms with van der Waals surface area (Å²) in [4.78, 5) is 15.5. The zero-order chi connectivity index (χ0) is 23.7. The second-order valence-corrected chi connectivity index (χ2v) is 8.80. The number of hydrogen-bond acceptors (Lipinski definition) is 8. The summed E-state index contributed by atoms with van der Waals surface area (Å²) in [6.07, 6.45) is 7.35. The minimum absolute atomic E-state index is 0.150. The van der Waals surface area contributed by atoms with Crippen LogP contribution < -0.4 is 15.4 Å². The third-order valence-corrected chi connectivity index (χ3v) is 6.34. The van der Waals surface area contributed by atoms with Gasteiger partial charge in [0.15, 0.2) is 0 Å². The van der Waals surface area contributed by atoms with Gasteiger partial charge in [-0.05, 0) is 56.6 Å². The SMILES string of the molecule is COC1(N(C)C)CC(Oc2ccc(Nc3nccc(Nc4cnc5c(ccn5C)c4)n3)cc2)C1. The van der Waals surface area contributed by atoms with E-state index in [2.05, 4.69) is 30.5 Å². The maximum Gasteiger partial charge on any atom is 0.229 e. The highest BCUT2D eigenvalue weighted by molar-refractivity contribution is 5.80. The van der Waals surface area contributed by atoms with E-state index in [1.807, 2.05) is 74.4 Å². The average molecular weight is 460 g/mol. The van der Waals surface area contributed by atoms with Crippen LogP contribution in [-0.2, 0) is 11.8 Å². The number of pyridine rings is 1. The molecule has 1 saturated carbocycles. The van der Waals surface area contributed by atoms with Gasteiger partial charge in [0, 0.05) is 50.5 Å². The van der Waals surface area contributed by atoms with Crippen LogP contribution in [0.25, 0.3) is 11.0 Å². The van der Waals surface area contributed by atoms with Crippen LogP contribution in [-0.4, -0.2) is 57.5 Å². The van der Waals surface area contributed by atoms with Gasteiger partial charge in [-0.25, -0.2) is 9.97 Å². The molecule has 1 aromatic carbocycles. The predicted octanol–water partition coefficient (Wildman–Crippen LogP) is 4.30. The number of anilines is 4. The highest BCUT2D eigenvalue weighted by Crippen LogP contribution is 2.39. The molecular weight excluding hydrogens is 430 g/mol. The number of nitrogens with one attached hydrogen (secondary N) is 2. The molecule has 0 spiro atoms. The van der Waals surface area contributed by atoms with E-state index < -0.39 is 0 Å². The number of benzene rings is 1. The van der Waals surface area contributed by atoms with Gasteiger partial charge >= 0.3 is 0 Å². The molecule has 1 aliphatic carbocycles. The molecule has 0 bridgehead atoms. The van der Waals surface area contributed by atoms with E-state index in [0.717, 1.165) is 41.0 Å². The number of rotatable bonds is 8. The maximum atomic E-state index is 6.10. The molecule has 0 unspecified atom stereocenters. The number of nitrogens with zero attached hydrogens (tertiary/aromatic N) is 5. The molecule has 1 fully saturated rings. The Morgan fingerprint density at radius 2 is 1.82 bits per heavy atom. The zero-order valence-corrected chi connectivity index (χ0v) is 19.8. The molecule has 4 aromatic rings. The van der Waals surface area contributed by atoms with E-state index in [0.29, 0.717) is 11.8 Å². The van der Waals surface area contributed by atoms with Crippen LogP contribution in [0.15, 0.2) is 61.1 Å². The summed E-state index contributed by atoms with van der Waals surface area (Å²) in [6, 6.07) is 13.7. The number of aryl methyl sites for hydroxylation is 1.